The second-order valence-electron chi connectivity index (χ2n) is 7.64. The summed E-state index contributed by atoms with van der Waals surface area (Å²) >= 11 is 4.99. The molecule has 7 heteroatoms. The maximum absolute atomic E-state index is 11.5. The highest BCUT2D eigenvalue weighted by Gasteiger charge is 2.33. The van der Waals surface area contributed by atoms with E-state index in [1.807, 2.05) is 31.2 Å². The molecule has 0 saturated carbocycles. The van der Waals surface area contributed by atoms with Crippen molar-refractivity contribution in [1.82, 2.24) is 0 Å². The molecule has 3 N–H and O–H groups in total. The summed E-state index contributed by atoms with van der Waals surface area (Å²) in [6.07, 6.45) is 3.12. The third kappa shape index (κ3) is 5.47. The van der Waals surface area contributed by atoms with Crippen LogP contribution in [0.15, 0.2) is 36.4 Å². The Morgan fingerprint density at radius 1 is 1.19 bits per heavy atom. The minimum Gasteiger partial charge on any atom is -0.493 e. The summed E-state index contributed by atoms with van der Waals surface area (Å²) in [4.78, 5) is 11.8. The summed E-state index contributed by atoms with van der Waals surface area (Å²) in [6, 6.07) is 11.4. The normalized spacial score (nSPS) is 15.7. The lowest BCUT2D eigenvalue weighted by atomic mass is 9.85. The predicted octanol–water partition coefficient (Wildman–Crippen LogP) is 4.32. The van der Waals surface area contributed by atoms with Gasteiger partial charge in [-0.3, -0.25) is 4.79 Å². The number of fused-ring (bicyclic) bond motifs is 1. The van der Waals surface area contributed by atoms with Crippen molar-refractivity contribution >= 4 is 23.2 Å². The molecule has 1 unspecified atom stereocenters. The smallest absolute Gasteiger partial charge is 0.307 e. The van der Waals surface area contributed by atoms with Crippen molar-refractivity contribution in [2.24, 2.45) is 11.7 Å². The number of hydrogen-bond donors (Lipinski definition) is 2. The Kier molecular flexibility index (Phi) is 7.74. The Morgan fingerprint density at radius 3 is 2.65 bits per heavy atom. The van der Waals surface area contributed by atoms with E-state index in [1.54, 1.807) is 19.2 Å². The van der Waals surface area contributed by atoms with Crippen LogP contribution < -0.4 is 19.9 Å². The Bertz CT molecular complexity index is 946. The van der Waals surface area contributed by atoms with Gasteiger partial charge >= 0.3 is 5.97 Å². The second kappa shape index (κ2) is 10.5. The van der Waals surface area contributed by atoms with Crippen LogP contribution in [0.5, 0.6) is 17.2 Å². The number of aliphatic carboxylic acids is 1. The number of benzene rings is 2. The van der Waals surface area contributed by atoms with Gasteiger partial charge in [-0.2, -0.15) is 0 Å². The summed E-state index contributed by atoms with van der Waals surface area (Å²) in [7, 11) is 1.58. The van der Waals surface area contributed by atoms with Gasteiger partial charge in [0.2, 0.25) is 0 Å². The minimum atomic E-state index is -0.710. The van der Waals surface area contributed by atoms with Gasteiger partial charge in [0.1, 0.15) is 10.7 Å². The lowest BCUT2D eigenvalue weighted by molar-refractivity contribution is -0.142. The SMILES string of the molecule is CCC(C(=O)O)[C@@H]1CCc2cc(OCCCOc3ccc(C(N)=S)cc3OC)ccc21. The molecule has 0 spiro atoms. The molecule has 0 amide bonds. The fourth-order valence-electron chi connectivity index (χ4n) is 4.14. The van der Waals surface area contributed by atoms with E-state index in [-0.39, 0.29) is 11.8 Å². The highest BCUT2D eigenvalue weighted by Crippen LogP contribution is 2.41. The number of carboxylic acids is 1. The Hall–Kier alpha value is -2.80. The van der Waals surface area contributed by atoms with Crippen LogP contribution in [0.25, 0.3) is 0 Å². The minimum absolute atomic E-state index is 0.0925. The average Bonchev–Trinajstić information content (AvgIpc) is 3.16. The van der Waals surface area contributed by atoms with Crippen LogP contribution in [-0.4, -0.2) is 36.4 Å². The number of carbonyl (C=O) groups is 1. The van der Waals surface area contributed by atoms with Gasteiger partial charge in [0.05, 0.1) is 26.2 Å². The number of thiocarbonyl (C=S) groups is 1. The van der Waals surface area contributed by atoms with Crippen molar-refractivity contribution in [2.45, 2.75) is 38.5 Å². The molecule has 0 aromatic heterocycles. The summed E-state index contributed by atoms with van der Waals surface area (Å²) in [5.74, 6) is 1.09. The first-order valence-electron chi connectivity index (χ1n) is 10.5. The zero-order chi connectivity index (χ0) is 22.4. The number of nitrogens with two attached hydrogens (primary N) is 1. The van der Waals surface area contributed by atoms with Gasteiger partial charge in [0.15, 0.2) is 11.5 Å². The molecule has 166 valence electrons. The van der Waals surface area contributed by atoms with Gasteiger partial charge in [-0.1, -0.05) is 25.2 Å². The molecule has 31 heavy (non-hydrogen) atoms. The second-order valence-corrected chi connectivity index (χ2v) is 8.08. The molecule has 0 saturated heterocycles. The first-order chi connectivity index (χ1) is 14.9. The van der Waals surface area contributed by atoms with E-state index in [2.05, 4.69) is 0 Å². The molecule has 1 aliphatic rings. The van der Waals surface area contributed by atoms with Gasteiger partial charge in [0, 0.05) is 12.0 Å². The zero-order valence-corrected chi connectivity index (χ0v) is 18.7. The van der Waals surface area contributed by atoms with E-state index < -0.39 is 5.97 Å². The summed E-state index contributed by atoms with van der Waals surface area (Å²) < 4.78 is 17.0. The number of ether oxygens (including phenoxy) is 3. The molecular formula is C24H29NO5S. The third-order valence-electron chi connectivity index (χ3n) is 5.74. The van der Waals surface area contributed by atoms with Gasteiger partial charge in [0.25, 0.3) is 0 Å². The summed E-state index contributed by atoms with van der Waals surface area (Å²) in [5.41, 5.74) is 8.73. The zero-order valence-electron chi connectivity index (χ0n) is 17.9. The highest BCUT2D eigenvalue weighted by molar-refractivity contribution is 7.80. The van der Waals surface area contributed by atoms with E-state index >= 15 is 0 Å². The number of aryl methyl sites for hydroxylation is 1. The maximum Gasteiger partial charge on any atom is 0.307 e. The van der Waals surface area contributed by atoms with Crippen molar-refractivity contribution in [3.63, 3.8) is 0 Å². The Balaban J connectivity index is 1.50. The third-order valence-corrected chi connectivity index (χ3v) is 5.98. The van der Waals surface area contributed by atoms with Crippen LogP contribution in [0.3, 0.4) is 0 Å². The van der Waals surface area contributed by atoms with Crippen LogP contribution in [0, 0.1) is 5.92 Å². The van der Waals surface area contributed by atoms with Crippen molar-refractivity contribution < 1.29 is 24.1 Å². The van der Waals surface area contributed by atoms with Crippen molar-refractivity contribution in [3.8, 4) is 17.2 Å². The number of carboxylic acid groups (broad SMARTS) is 1. The molecule has 0 fully saturated rings. The lowest BCUT2D eigenvalue weighted by Crippen LogP contribution is -2.19. The molecule has 1 aliphatic carbocycles. The van der Waals surface area contributed by atoms with Crippen molar-refractivity contribution in [1.29, 1.82) is 0 Å². The summed E-state index contributed by atoms with van der Waals surface area (Å²) in [5, 5.41) is 9.48. The van der Waals surface area contributed by atoms with Gasteiger partial charge in [-0.25, -0.2) is 0 Å². The van der Waals surface area contributed by atoms with Crippen LogP contribution in [-0.2, 0) is 11.2 Å². The highest BCUT2D eigenvalue weighted by atomic mass is 32.1. The quantitative estimate of drug-likeness (QED) is 0.395. The standard InChI is InChI=1S/C24H29NO5S/c1-3-18(24(26)27)20-8-5-15-13-17(7-9-19(15)20)29-11-4-12-30-21-10-6-16(23(25)31)14-22(21)28-2/h6-7,9-10,13-14,18,20H,3-5,8,11-12H2,1-2H3,(H2,25,31)(H,26,27)/t18?,20-/m0/s1. The molecule has 2 aromatic rings. The fraction of sp³-hybridized carbons (Fsp3) is 0.417. The van der Waals surface area contributed by atoms with E-state index in [4.69, 9.17) is 32.2 Å². The molecule has 0 bridgehead atoms. The summed E-state index contributed by atoms with van der Waals surface area (Å²) in [6.45, 7) is 2.93. The molecule has 0 aliphatic heterocycles. The van der Waals surface area contributed by atoms with Crippen LogP contribution in [0.1, 0.15) is 48.8 Å². The van der Waals surface area contributed by atoms with E-state index in [0.717, 1.165) is 29.7 Å². The van der Waals surface area contributed by atoms with E-state index in [0.29, 0.717) is 42.5 Å². The van der Waals surface area contributed by atoms with Gasteiger partial charge in [-0.05, 0) is 66.6 Å². The predicted molar refractivity (Wildman–Crippen MR) is 123 cm³/mol. The van der Waals surface area contributed by atoms with Crippen LogP contribution >= 0.6 is 12.2 Å². The van der Waals surface area contributed by atoms with Crippen molar-refractivity contribution in [3.05, 3.63) is 53.1 Å². The molecular weight excluding hydrogens is 414 g/mol. The molecule has 0 radical (unpaired) electrons. The van der Waals surface area contributed by atoms with Crippen LogP contribution in [0.2, 0.25) is 0 Å². The average molecular weight is 444 g/mol. The largest absolute Gasteiger partial charge is 0.493 e. The first kappa shape index (κ1) is 22.9. The van der Waals surface area contributed by atoms with Gasteiger partial charge in [-0.15, -0.1) is 0 Å². The number of hydrogen-bond acceptors (Lipinski definition) is 5. The molecule has 2 atom stereocenters. The Labute approximate surface area is 188 Å². The maximum atomic E-state index is 11.5. The number of rotatable bonds is 11. The number of methoxy groups -OCH3 is 1. The molecule has 0 heterocycles. The fourth-order valence-corrected chi connectivity index (χ4v) is 4.26. The lowest BCUT2D eigenvalue weighted by Gasteiger charge is -2.19. The topological polar surface area (TPSA) is 91.0 Å². The Morgan fingerprint density at radius 2 is 1.97 bits per heavy atom. The molecule has 3 rings (SSSR count). The monoisotopic (exact) mass is 443 g/mol. The molecule has 6 nitrogen and oxygen atoms in total. The van der Waals surface area contributed by atoms with Gasteiger partial charge < -0.3 is 25.1 Å². The molecule has 2 aromatic carbocycles. The van der Waals surface area contributed by atoms with Crippen LogP contribution in [0.4, 0.5) is 0 Å². The van der Waals surface area contributed by atoms with E-state index in [9.17, 15) is 9.90 Å². The first-order valence-corrected chi connectivity index (χ1v) is 10.9. The van der Waals surface area contributed by atoms with E-state index in [1.165, 1.54) is 5.56 Å². The van der Waals surface area contributed by atoms with Crippen molar-refractivity contribution in [2.75, 3.05) is 20.3 Å².